The number of rotatable bonds is 4. The molecule has 7 heteroatoms. The maximum Gasteiger partial charge on any atom is 0.410 e. The highest BCUT2D eigenvalue weighted by atomic mass is 19.1. The molecule has 1 amide bonds. The molecular formula is C24H29FN4O2. The maximum atomic E-state index is 13.3. The van der Waals surface area contributed by atoms with Crippen molar-refractivity contribution in [3.63, 3.8) is 0 Å². The fourth-order valence-electron chi connectivity index (χ4n) is 3.89. The molecule has 31 heavy (non-hydrogen) atoms. The van der Waals surface area contributed by atoms with Crippen LogP contribution in [0.3, 0.4) is 0 Å². The van der Waals surface area contributed by atoms with E-state index < -0.39 is 5.60 Å². The van der Waals surface area contributed by atoms with Gasteiger partial charge < -0.3 is 19.5 Å². The van der Waals surface area contributed by atoms with Crippen molar-refractivity contribution in [2.75, 3.05) is 18.4 Å². The van der Waals surface area contributed by atoms with Crippen LogP contribution in [0.5, 0.6) is 0 Å². The highest BCUT2D eigenvalue weighted by molar-refractivity contribution is 5.79. The predicted octanol–water partition coefficient (Wildman–Crippen LogP) is 5.04. The lowest BCUT2D eigenvalue weighted by molar-refractivity contribution is 0.0206. The van der Waals surface area contributed by atoms with Crippen LogP contribution in [0.2, 0.25) is 0 Å². The zero-order valence-electron chi connectivity index (χ0n) is 18.3. The van der Waals surface area contributed by atoms with Crippen LogP contribution >= 0.6 is 0 Å². The van der Waals surface area contributed by atoms with E-state index in [1.807, 2.05) is 45.0 Å². The van der Waals surface area contributed by atoms with Crippen LogP contribution in [0.15, 0.2) is 48.5 Å². The molecule has 2 aromatic carbocycles. The van der Waals surface area contributed by atoms with Gasteiger partial charge in [0.2, 0.25) is 5.95 Å². The summed E-state index contributed by atoms with van der Waals surface area (Å²) in [4.78, 5) is 19.1. The van der Waals surface area contributed by atoms with Crippen molar-refractivity contribution in [2.45, 2.75) is 51.8 Å². The number of benzene rings is 2. The highest BCUT2D eigenvalue weighted by Gasteiger charge is 2.28. The molecule has 0 bridgehead atoms. The molecule has 0 radical (unpaired) electrons. The Bertz CT molecular complexity index is 1060. The van der Waals surface area contributed by atoms with Crippen LogP contribution in [0.4, 0.5) is 15.1 Å². The second kappa shape index (κ2) is 8.57. The lowest BCUT2D eigenvalue weighted by Crippen LogP contribution is -2.47. The van der Waals surface area contributed by atoms with Gasteiger partial charge in [-0.05, 0) is 63.4 Å². The van der Waals surface area contributed by atoms with E-state index in [2.05, 4.69) is 9.88 Å². The van der Waals surface area contributed by atoms with Crippen molar-refractivity contribution in [1.82, 2.24) is 14.5 Å². The standard InChI is InChI=1S/C24H29FN4O2/c1-24(2,3)31-23(30)28-14-6-7-19(16-28)26-22-27-20-8-4-5-9-21(20)29(22)15-17-10-12-18(25)13-11-17/h4-5,8-13,19H,6-7,14-16H2,1-3H3,(H,26,27)/t19-/m0/s1. The number of fused-ring (bicyclic) bond motifs is 1. The summed E-state index contributed by atoms with van der Waals surface area (Å²) >= 11 is 0. The molecule has 0 unspecified atom stereocenters. The molecule has 2 heterocycles. The summed E-state index contributed by atoms with van der Waals surface area (Å²) in [6, 6.07) is 14.6. The molecule has 0 aliphatic carbocycles. The summed E-state index contributed by atoms with van der Waals surface area (Å²) in [6.07, 6.45) is 1.56. The van der Waals surface area contributed by atoms with E-state index in [0.717, 1.165) is 35.4 Å². The van der Waals surface area contributed by atoms with Crippen molar-refractivity contribution >= 4 is 23.1 Å². The van der Waals surface area contributed by atoms with Gasteiger partial charge in [-0.15, -0.1) is 0 Å². The molecule has 1 N–H and O–H groups in total. The third-order valence-corrected chi connectivity index (χ3v) is 5.31. The number of hydrogen-bond acceptors (Lipinski definition) is 4. The number of carbonyl (C=O) groups excluding carboxylic acids is 1. The Labute approximate surface area is 182 Å². The Balaban J connectivity index is 1.55. The Morgan fingerprint density at radius 2 is 1.94 bits per heavy atom. The van der Waals surface area contributed by atoms with Gasteiger partial charge in [0.05, 0.1) is 17.6 Å². The number of piperidine rings is 1. The predicted molar refractivity (Wildman–Crippen MR) is 120 cm³/mol. The molecule has 1 aliphatic rings. The van der Waals surface area contributed by atoms with Gasteiger partial charge in [-0.3, -0.25) is 0 Å². The number of para-hydroxylation sites is 2. The number of amides is 1. The molecule has 1 saturated heterocycles. The van der Waals surface area contributed by atoms with E-state index in [-0.39, 0.29) is 18.0 Å². The fourth-order valence-corrected chi connectivity index (χ4v) is 3.89. The van der Waals surface area contributed by atoms with Gasteiger partial charge in [0.15, 0.2) is 0 Å². The molecular weight excluding hydrogens is 395 g/mol. The van der Waals surface area contributed by atoms with E-state index in [1.165, 1.54) is 12.1 Å². The third-order valence-electron chi connectivity index (χ3n) is 5.31. The van der Waals surface area contributed by atoms with E-state index in [9.17, 15) is 9.18 Å². The summed E-state index contributed by atoms with van der Waals surface area (Å²) in [5, 5.41) is 3.55. The molecule has 0 saturated carbocycles. The molecule has 6 nitrogen and oxygen atoms in total. The highest BCUT2D eigenvalue weighted by Crippen LogP contribution is 2.24. The van der Waals surface area contributed by atoms with E-state index in [0.29, 0.717) is 19.6 Å². The number of halogens is 1. The summed E-state index contributed by atoms with van der Waals surface area (Å²) in [6.45, 7) is 7.46. The second-order valence-electron chi connectivity index (χ2n) is 9.05. The first-order valence-electron chi connectivity index (χ1n) is 10.7. The summed E-state index contributed by atoms with van der Waals surface area (Å²) in [5.74, 6) is 0.503. The van der Waals surface area contributed by atoms with Gasteiger partial charge in [-0.25, -0.2) is 14.2 Å². The van der Waals surface area contributed by atoms with Crippen molar-refractivity contribution in [2.24, 2.45) is 0 Å². The third kappa shape index (κ3) is 5.16. The molecule has 1 fully saturated rings. The zero-order valence-corrected chi connectivity index (χ0v) is 18.3. The second-order valence-corrected chi connectivity index (χ2v) is 9.05. The first-order valence-corrected chi connectivity index (χ1v) is 10.7. The largest absolute Gasteiger partial charge is 0.444 e. The lowest BCUT2D eigenvalue weighted by atomic mass is 10.1. The summed E-state index contributed by atoms with van der Waals surface area (Å²) in [7, 11) is 0. The zero-order chi connectivity index (χ0) is 22.0. The lowest BCUT2D eigenvalue weighted by Gasteiger charge is -2.34. The van der Waals surface area contributed by atoms with Crippen molar-refractivity contribution in [3.8, 4) is 0 Å². The molecule has 0 spiro atoms. The SMILES string of the molecule is CC(C)(C)OC(=O)N1CCC[C@H](Nc2nc3ccccc3n2Cc2ccc(F)cc2)C1. The molecule has 1 aliphatic heterocycles. The Hall–Kier alpha value is -3.09. The Kier molecular flexibility index (Phi) is 5.85. The van der Waals surface area contributed by atoms with Gasteiger partial charge in [0.1, 0.15) is 11.4 Å². The maximum absolute atomic E-state index is 13.3. The number of hydrogen-bond donors (Lipinski definition) is 1. The molecule has 164 valence electrons. The first-order chi connectivity index (χ1) is 14.8. The fraction of sp³-hybridized carbons (Fsp3) is 0.417. The van der Waals surface area contributed by atoms with Crippen molar-refractivity contribution in [1.29, 1.82) is 0 Å². The topological polar surface area (TPSA) is 59.4 Å². The number of likely N-dealkylation sites (tertiary alicyclic amines) is 1. The number of carbonyl (C=O) groups is 1. The van der Waals surface area contributed by atoms with Gasteiger partial charge >= 0.3 is 6.09 Å². The van der Waals surface area contributed by atoms with Crippen LogP contribution in [-0.4, -0.2) is 45.3 Å². The molecule has 3 aromatic rings. The molecule has 1 aromatic heterocycles. The number of aromatic nitrogens is 2. The van der Waals surface area contributed by atoms with Gasteiger partial charge in [0, 0.05) is 19.1 Å². The number of nitrogens with zero attached hydrogens (tertiary/aromatic N) is 3. The van der Waals surface area contributed by atoms with Crippen LogP contribution in [0, 0.1) is 5.82 Å². The van der Waals surface area contributed by atoms with Crippen molar-refractivity contribution < 1.29 is 13.9 Å². The number of anilines is 1. The van der Waals surface area contributed by atoms with E-state index >= 15 is 0 Å². The molecule has 1 atom stereocenters. The minimum absolute atomic E-state index is 0.0741. The number of nitrogens with one attached hydrogen (secondary N) is 1. The van der Waals surface area contributed by atoms with Crippen molar-refractivity contribution in [3.05, 3.63) is 59.9 Å². The van der Waals surface area contributed by atoms with E-state index in [1.54, 1.807) is 17.0 Å². The average molecular weight is 425 g/mol. The van der Waals surface area contributed by atoms with Crippen LogP contribution in [0.25, 0.3) is 11.0 Å². The minimum Gasteiger partial charge on any atom is -0.444 e. The van der Waals surface area contributed by atoms with Crippen LogP contribution < -0.4 is 5.32 Å². The van der Waals surface area contributed by atoms with Gasteiger partial charge in [-0.1, -0.05) is 24.3 Å². The quantitative estimate of drug-likeness (QED) is 0.638. The summed E-state index contributed by atoms with van der Waals surface area (Å²) in [5.41, 5.74) is 2.38. The summed E-state index contributed by atoms with van der Waals surface area (Å²) < 4.78 is 21.0. The molecule has 4 rings (SSSR count). The Morgan fingerprint density at radius 1 is 1.19 bits per heavy atom. The van der Waals surface area contributed by atoms with Crippen LogP contribution in [0.1, 0.15) is 39.2 Å². The van der Waals surface area contributed by atoms with E-state index in [4.69, 9.17) is 9.72 Å². The normalized spacial score (nSPS) is 17.0. The smallest absolute Gasteiger partial charge is 0.410 e. The minimum atomic E-state index is -0.513. The first kappa shape index (κ1) is 21.2. The van der Waals surface area contributed by atoms with Crippen LogP contribution in [-0.2, 0) is 11.3 Å². The monoisotopic (exact) mass is 424 g/mol. The number of imidazole rings is 1. The Morgan fingerprint density at radius 3 is 2.68 bits per heavy atom. The average Bonchev–Trinajstić information content (AvgIpc) is 3.06. The van der Waals surface area contributed by atoms with Gasteiger partial charge in [-0.2, -0.15) is 0 Å². The number of ether oxygens (including phenoxy) is 1. The van der Waals surface area contributed by atoms with Gasteiger partial charge in [0.25, 0.3) is 0 Å².